The number of nitrogens with zero attached hydrogens (tertiary/aromatic N) is 5. The van der Waals surface area contributed by atoms with Crippen LogP contribution in [0.2, 0.25) is 5.15 Å². The summed E-state index contributed by atoms with van der Waals surface area (Å²) in [6.07, 6.45) is 3.50. The van der Waals surface area contributed by atoms with Crippen LogP contribution in [0.1, 0.15) is 16.8 Å². The first-order valence-corrected chi connectivity index (χ1v) is 7.39. The van der Waals surface area contributed by atoms with E-state index in [-0.39, 0.29) is 23.5 Å². The highest BCUT2D eigenvalue weighted by Crippen LogP contribution is 2.24. The standard InChI is InChI=1S/C13H12BrClN6.ClH/c1-6-3-17-8(7(2)9(6)14)4-21-5-18-10-11(15)19-13(16)20-12(10)21;/h3,5H,4H2,1-2H3,(H2,16,19,20);1H. The highest BCUT2D eigenvalue weighted by molar-refractivity contribution is 9.10. The molecule has 3 aromatic rings. The minimum absolute atomic E-state index is 0. The molecule has 0 saturated carbocycles. The zero-order valence-electron chi connectivity index (χ0n) is 11.8. The van der Waals surface area contributed by atoms with Gasteiger partial charge < -0.3 is 10.3 Å². The molecule has 0 fully saturated rings. The van der Waals surface area contributed by atoms with Gasteiger partial charge in [0.25, 0.3) is 0 Å². The molecule has 0 amide bonds. The third-order valence-electron chi connectivity index (χ3n) is 3.28. The molecule has 9 heteroatoms. The fraction of sp³-hybridized carbons (Fsp3) is 0.231. The van der Waals surface area contributed by atoms with Crippen molar-refractivity contribution in [1.29, 1.82) is 0 Å². The summed E-state index contributed by atoms with van der Waals surface area (Å²) in [5, 5.41) is 0.256. The van der Waals surface area contributed by atoms with Crippen LogP contribution >= 0.6 is 39.9 Å². The van der Waals surface area contributed by atoms with E-state index in [1.165, 1.54) is 0 Å². The van der Waals surface area contributed by atoms with E-state index in [9.17, 15) is 0 Å². The second kappa shape index (κ2) is 6.36. The molecule has 0 bridgehead atoms. The van der Waals surface area contributed by atoms with Crippen LogP contribution in [-0.2, 0) is 6.54 Å². The van der Waals surface area contributed by atoms with Gasteiger partial charge >= 0.3 is 0 Å². The van der Waals surface area contributed by atoms with Crippen molar-refractivity contribution in [1.82, 2.24) is 24.5 Å². The van der Waals surface area contributed by atoms with Gasteiger partial charge in [0.05, 0.1) is 18.6 Å². The van der Waals surface area contributed by atoms with Gasteiger partial charge in [0.15, 0.2) is 10.8 Å². The van der Waals surface area contributed by atoms with Gasteiger partial charge in [-0.3, -0.25) is 4.98 Å². The van der Waals surface area contributed by atoms with E-state index < -0.39 is 0 Å². The molecule has 22 heavy (non-hydrogen) atoms. The average Bonchev–Trinajstić information content (AvgIpc) is 2.83. The molecular weight excluding hydrogens is 391 g/mol. The smallest absolute Gasteiger partial charge is 0.223 e. The van der Waals surface area contributed by atoms with Crippen molar-refractivity contribution in [2.24, 2.45) is 0 Å². The molecule has 0 aliphatic rings. The summed E-state index contributed by atoms with van der Waals surface area (Å²) in [4.78, 5) is 16.8. The number of rotatable bonds is 2. The highest BCUT2D eigenvalue weighted by atomic mass is 79.9. The first kappa shape index (κ1) is 16.9. The Labute approximate surface area is 146 Å². The Morgan fingerprint density at radius 1 is 1.27 bits per heavy atom. The zero-order chi connectivity index (χ0) is 15.1. The number of halogens is 3. The lowest BCUT2D eigenvalue weighted by Gasteiger charge is -2.10. The predicted molar refractivity (Wildman–Crippen MR) is 92.5 cm³/mol. The molecule has 0 radical (unpaired) electrons. The van der Waals surface area contributed by atoms with Crippen molar-refractivity contribution in [3.05, 3.63) is 39.0 Å². The van der Waals surface area contributed by atoms with E-state index >= 15 is 0 Å². The molecule has 0 aliphatic heterocycles. The summed E-state index contributed by atoms with van der Waals surface area (Å²) < 4.78 is 2.92. The van der Waals surface area contributed by atoms with E-state index in [0.717, 1.165) is 21.3 Å². The number of nitrogens with two attached hydrogens (primary N) is 1. The maximum Gasteiger partial charge on any atom is 0.223 e. The molecule has 3 aromatic heterocycles. The lowest BCUT2D eigenvalue weighted by Crippen LogP contribution is -2.06. The second-order valence-corrected chi connectivity index (χ2v) is 5.90. The molecule has 0 unspecified atom stereocenters. The molecule has 6 nitrogen and oxygen atoms in total. The maximum absolute atomic E-state index is 6.03. The van der Waals surface area contributed by atoms with Gasteiger partial charge in [-0.05, 0) is 25.0 Å². The molecule has 3 heterocycles. The van der Waals surface area contributed by atoms with Gasteiger partial charge in [-0.15, -0.1) is 12.4 Å². The number of fused-ring (bicyclic) bond motifs is 1. The summed E-state index contributed by atoms with van der Waals surface area (Å²) >= 11 is 9.60. The Hall–Kier alpha value is -1.44. The Balaban J connectivity index is 0.00000176. The van der Waals surface area contributed by atoms with Crippen molar-refractivity contribution < 1.29 is 0 Å². The first-order chi connectivity index (χ1) is 9.97. The maximum atomic E-state index is 6.03. The Morgan fingerprint density at radius 2 is 2.00 bits per heavy atom. The second-order valence-electron chi connectivity index (χ2n) is 4.74. The number of hydrogen-bond acceptors (Lipinski definition) is 5. The van der Waals surface area contributed by atoms with Crippen LogP contribution < -0.4 is 5.73 Å². The van der Waals surface area contributed by atoms with Gasteiger partial charge in [-0.2, -0.15) is 9.97 Å². The number of anilines is 1. The van der Waals surface area contributed by atoms with Gasteiger partial charge in [-0.1, -0.05) is 27.5 Å². The quantitative estimate of drug-likeness (QED) is 0.663. The van der Waals surface area contributed by atoms with Crippen LogP contribution in [0.4, 0.5) is 5.95 Å². The molecular formula is C13H13BrCl2N6. The fourth-order valence-corrected chi connectivity index (χ4v) is 2.66. The number of aromatic nitrogens is 5. The Kier molecular flexibility index (Phi) is 4.89. The summed E-state index contributed by atoms with van der Waals surface area (Å²) in [6, 6.07) is 0. The summed E-state index contributed by atoms with van der Waals surface area (Å²) in [6.45, 7) is 4.57. The SMILES string of the molecule is Cc1cnc(Cn2cnc3c(Cl)nc(N)nc32)c(C)c1Br.Cl. The fourth-order valence-electron chi connectivity index (χ4n) is 2.11. The summed E-state index contributed by atoms with van der Waals surface area (Å²) in [7, 11) is 0. The van der Waals surface area contributed by atoms with Crippen molar-refractivity contribution in [2.45, 2.75) is 20.4 Å². The number of nitrogen functional groups attached to an aromatic ring is 1. The van der Waals surface area contributed by atoms with Crippen LogP contribution in [0.5, 0.6) is 0 Å². The van der Waals surface area contributed by atoms with E-state index in [1.54, 1.807) is 6.33 Å². The summed E-state index contributed by atoms with van der Waals surface area (Å²) in [5.74, 6) is 0.129. The average molecular weight is 404 g/mol. The predicted octanol–water partition coefficient (Wildman–Crippen LogP) is 3.31. The van der Waals surface area contributed by atoms with Crippen molar-refractivity contribution >= 4 is 57.1 Å². The van der Waals surface area contributed by atoms with E-state index in [0.29, 0.717) is 17.7 Å². The monoisotopic (exact) mass is 402 g/mol. The van der Waals surface area contributed by atoms with Crippen molar-refractivity contribution in [2.75, 3.05) is 5.73 Å². The minimum atomic E-state index is 0. The Morgan fingerprint density at radius 3 is 2.73 bits per heavy atom. The molecule has 0 spiro atoms. The third-order valence-corrected chi connectivity index (χ3v) is 4.76. The van der Waals surface area contributed by atoms with Crippen molar-refractivity contribution in [3.63, 3.8) is 0 Å². The molecule has 0 saturated heterocycles. The molecule has 0 atom stereocenters. The van der Waals surface area contributed by atoms with E-state index in [1.807, 2.05) is 24.6 Å². The normalized spacial score (nSPS) is 10.7. The number of hydrogen-bond donors (Lipinski definition) is 1. The topological polar surface area (TPSA) is 82.5 Å². The molecule has 116 valence electrons. The molecule has 2 N–H and O–H groups in total. The van der Waals surface area contributed by atoms with Gasteiger partial charge in [-0.25, -0.2) is 4.98 Å². The lowest BCUT2D eigenvalue weighted by molar-refractivity contribution is 0.779. The summed E-state index contributed by atoms with van der Waals surface area (Å²) in [5.41, 5.74) is 9.91. The first-order valence-electron chi connectivity index (χ1n) is 6.21. The van der Waals surface area contributed by atoms with Crippen LogP contribution in [0.3, 0.4) is 0 Å². The van der Waals surface area contributed by atoms with Crippen molar-refractivity contribution in [3.8, 4) is 0 Å². The lowest BCUT2D eigenvalue weighted by atomic mass is 10.1. The third kappa shape index (κ3) is 2.88. The minimum Gasteiger partial charge on any atom is -0.368 e. The van der Waals surface area contributed by atoms with Gasteiger partial charge in [0.1, 0.15) is 5.52 Å². The van der Waals surface area contributed by atoms with E-state index in [4.69, 9.17) is 17.3 Å². The zero-order valence-corrected chi connectivity index (χ0v) is 15.0. The van der Waals surface area contributed by atoms with Gasteiger partial charge in [0.2, 0.25) is 5.95 Å². The Bertz CT molecular complexity index is 848. The van der Waals surface area contributed by atoms with E-state index in [2.05, 4.69) is 35.9 Å². The number of imidazole rings is 1. The molecule has 3 rings (SSSR count). The van der Waals surface area contributed by atoms with Crippen LogP contribution in [0.15, 0.2) is 17.0 Å². The van der Waals surface area contributed by atoms with Gasteiger partial charge in [0, 0.05) is 10.7 Å². The van der Waals surface area contributed by atoms with Crippen LogP contribution in [-0.4, -0.2) is 24.5 Å². The molecule has 0 aromatic carbocycles. The number of aryl methyl sites for hydroxylation is 1. The van der Waals surface area contributed by atoms with Crippen LogP contribution in [0.25, 0.3) is 11.2 Å². The molecule has 0 aliphatic carbocycles. The largest absolute Gasteiger partial charge is 0.368 e. The highest BCUT2D eigenvalue weighted by Gasteiger charge is 2.13. The van der Waals surface area contributed by atoms with Crippen LogP contribution in [0, 0.1) is 13.8 Å². The number of pyridine rings is 1.